The van der Waals surface area contributed by atoms with Crippen molar-refractivity contribution >= 4 is 5.95 Å². The van der Waals surface area contributed by atoms with E-state index in [-0.39, 0.29) is 0 Å². The Labute approximate surface area is 120 Å². The lowest BCUT2D eigenvalue weighted by molar-refractivity contribution is 0.0770. The number of anilines is 1. The van der Waals surface area contributed by atoms with Crippen LogP contribution in [-0.4, -0.2) is 54.3 Å². The summed E-state index contributed by atoms with van der Waals surface area (Å²) in [5.74, 6) is 2.44. The minimum atomic E-state index is 0.394. The molecule has 2 aliphatic heterocycles. The predicted octanol–water partition coefficient (Wildman–Crippen LogP) is 1.32. The van der Waals surface area contributed by atoms with Crippen molar-refractivity contribution in [2.75, 3.05) is 38.3 Å². The highest BCUT2D eigenvalue weighted by atomic mass is 16.5. The molecule has 0 amide bonds. The fourth-order valence-corrected chi connectivity index (χ4v) is 3.20. The molecule has 3 rings (SSSR count). The zero-order valence-corrected chi connectivity index (χ0v) is 12.4. The Kier molecular flexibility index (Phi) is 4.21. The van der Waals surface area contributed by atoms with Gasteiger partial charge in [0.25, 0.3) is 0 Å². The molecular formula is C14H24N4O2. The summed E-state index contributed by atoms with van der Waals surface area (Å²) < 4.78 is 13.1. The van der Waals surface area contributed by atoms with Gasteiger partial charge in [-0.15, -0.1) is 10.2 Å². The van der Waals surface area contributed by atoms with Crippen LogP contribution in [0.4, 0.5) is 5.95 Å². The van der Waals surface area contributed by atoms with Gasteiger partial charge in [0.2, 0.25) is 5.95 Å². The van der Waals surface area contributed by atoms with E-state index in [0.29, 0.717) is 12.0 Å². The normalized spacial score (nSPS) is 25.1. The van der Waals surface area contributed by atoms with E-state index >= 15 is 0 Å². The first-order valence-electron chi connectivity index (χ1n) is 7.54. The van der Waals surface area contributed by atoms with Crippen molar-refractivity contribution in [3.05, 3.63) is 5.82 Å². The van der Waals surface area contributed by atoms with Crippen LogP contribution in [0, 0.1) is 0 Å². The van der Waals surface area contributed by atoms with E-state index in [2.05, 4.69) is 26.7 Å². The highest BCUT2D eigenvalue weighted by Gasteiger charge is 2.26. The van der Waals surface area contributed by atoms with E-state index in [1.807, 2.05) is 0 Å². The lowest BCUT2D eigenvalue weighted by atomic mass is 10.0. The number of piperidine rings is 1. The van der Waals surface area contributed by atoms with Gasteiger partial charge in [0.1, 0.15) is 5.82 Å². The summed E-state index contributed by atoms with van der Waals surface area (Å²) in [4.78, 5) is 2.32. The van der Waals surface area contributed by atoms with E-state index in [4.69, 9.17) is 9.47 Å². The fraction of sp³-hybridized carbons (Fsp3) is 0.857. The molecule has 0 N–H and O–H groups in total. The SMILES string of the molecule is COC1CCN(c2nnc(C3CCCOC3)n2C)CC1. The van der Waals surface area contributed by atoms with Crippen molar-refractivity contribution in [3.63, 3.8) is 0 Å². The average Bonchev–Trinajstić information content (AvgIpc) is 2.90. The summed E-state index contributed by atoms with van der Waals surface area (Å²) in [7, 11) is 3.87. The standard InChI is InChI=1S/C14H24N4O2/c1-17-13(11-4-3-9-20-10-11)15-16-14(17)18-7-5-12(19-2)6-8-18/h11-12H,3-10H2,1-2H3. The van der Waals surface area contributed by atoms with Crippen LogP contribution in [0.2, 0.25) is 0 Å². The van der Waals surface area contributed by atoms with Crippen LogP contribution in [0.15, 0.2) is 0 Å². The lowest BCUT2D eigenvalue weighted by Crippen LogP contribution is -2.38. The zero-order chi connectivity index (χ0) is 13.9. The van der Waals surface area contributed by atoms with Crippen molar-refractivity contribution in [2.24, 2.45) is 7.05 Å². The van der Waals surface area contributed by atoms with Crippen LogP contribution >= 0.6 is 0 Å². The minimum Gasteiger partial charge on any atom is -0.381 e. The van der Waals surface area contributed by atoms with Gasteiger partial charge in [-0.2, -0.15) is 0 Å². The van der Waals surface area contributed by atoms with Gasteiger partial charge in [0, 0.05) is 39.8 Å². The summed E-state index contributed by atoms with van der Waals surface area (Å²) in [5.41, 5.74) is 0. The minimum absolute atomic E-state index is 0.394. The zero-order valence-electron chi connectivity index (χ0n) is 12.4. The van der Waals surface area contributed by atoms with Gasteiger partial charge in [0.15, 0.2) is 0 Å². The van der Waals surface area contributed by atoms with Crippen molar-refractivity contribution in [3.8, 4) is 0 Å². The Morgan fingerprint density at radius 2 is 2.00 bits per heavy atom. The molecule has 0 aromatic carbocycles. The molecule has 112 valence electrons. The number of hydrogen-bond donors (Lipinski definition) is 0. The number of hydrogen-bond acceptors (Lipinski definition) is 5. The van der Waals surface area contributed by atoms with Crippen molar-refractivity contribution in [2.45, 2.75) is 37.7 Å². The van der Waals surface area contributed by atoms with Crippen LogP contribution in [0.1, 0.15) is 37.4 Å². The van der Waals surface area contributed by atoms with Crippen LogP contribution < -0.4 is 4.90 Å². The van der Waals surface area contributed by atoms with E-state index < -0.39 is 0 Å². The van der Waals surface area contributed by atoms with E-state index in [0.717, 1.165) is 63.8 Å². The third-order valence-corrected chi connectivity index (χ3v) is 4.47. The second-order valence-corrected chi connectivity index (χ2v) is 5.75. The van der Waals surface area contributed by atoms with E-state index in [9.17, 15) is 0 Å². The average molecular weight is 280 g/mol. The topological polar surface area (TPSA) is 52.4 Å². The summed E-state index contributed by atoms with van der Waals surface area (Å²) in [5, 5.41) is 8.82. The van der Waals surface area contributed by atoms with E-state index in [1.54, 1.807) is 7.11 Å². The molecule has 0 spiro atoms. The molecule has 1 aromatic rings. The molecule has 0 aliphatic carbocycles. The van der Waals surface area contributed by atoms with E-state index in [1.165, 1.54) is 0 Å². The highest BCUT2D eigenvalue weighted by molar-refractivity contribution is 5.32. The van der Waals surface area contributed by atoms with Gasteiger partial charge in [-0.05, 0) is 25.7 Å². The molecule has 2 fully saturated rings. The monoisotopic (exact) mass is 280 g/mol. The summed E-state index contributed by atoms with van der Waals surface area (Å²) >= 11 is 0. The quantitative estimate of drug-likeness (QED) is 0.836. The predicted molar refractivity (Wildman–Crippen MR) is 76.0 cm³/mol. The molecule has 2 saturated heterocycles. The maximum atomic E-state index is 5.56. The number of ether oxygens (including phenoxy) is 2. The third-order valence-electron chi connectivity index (χ3n) is 4.47. The van der Waals surface area contributed by atoms with Gasteiger partial charge in [0.05, 0.1) is 12.7 Å². The Bertz CT molecular complexity index is 434. The molecule has 1 unspecified atom stereocenters. The Balaban J connectivity index is 1.70. The number of rotatable bonds is 3. The second-order valence-electron chi connectivity index (χ2n) is 5.75. The highest BCUT2D eigenvalue weighted by Crippen LogP contribution is 2.27. The van der Waals surface area contributed by atoms with Crippen molar-refractivity contribution < 1.29 is 9.47 Å². The van der Waals surface area contributed by atoms with Gasteiger partial charge >= 0.3 is 0 Å². The molecule has 1 aromatic heterocycles. The smallest absolute Gasteiger partial charge is 0.226 e. The van der Waals surface area contributed by atoms with Gasteiger partial charge in [-0.1, -0.05) is 0 Å². The maximum Gasteiger partial charge on any atom is 0.226 e. The number of aromatic nitrogens is 3. The largest absolute Gasteiger partial charge is 0.381 e. The van der Waals surface area contributed by atoms with Gasteiger partial charge in [-0.3, -0.25) is 0 Å². The van der Waals surface area contributed by atoms with Crippen LogP contribution in [-0.2, 0) is 16.5 Å². The molecule has 6 heteroatoms. The van der Waals surface area contributed by atoms with Crippen molar-refractivity contribution in [1.29, 1.82) is 0 Å². The Morgan fingerprint density at radius 1 is 1.20 bits per heavy atom. The Hall–Kier alpha value is -1.14. The summed E-state index contributed by atoms with van der Waals surface area (Å²) in [6.07, 6.45) is 4.78. The van der Waals surface area contributed by atoms with Gasteiger partial charge in [-0.25, -0.2) is 0 Å². The lowest BCUT2D eigenvalue weighted by Gasteiger charge is -2.31. The first-order chi connectivity index (χ1) is 9.79. The molecule has 0 saturated carbocycles. The maximum absolute atomic E-state index is 5.56. The Morgan fingerprint density at radius 3 is 2.65 bits per heavy atom. The third kappa shape index (κ3) is 2.67. The molecule has 0 bridgehead atoms. The first-order valence-corrected chi connectivity index (χ1v) is 7.54. The van der Waals surface area contributed by atoms with Crippen LogP contribution in [0.3, 0.4) is 0 Å². The molecule has 0 radical (unpaired) electrons. The number of nitrogens with zero attached hydrogens (tertiary/aromatic N) is 4. The molecule has 2 aliphatic rings. The summed E-state index contributed by atoms with van der Waals surface area (Å²) in [6, 6.07) is 0. The number of methoxy groups -OCH3 is 1. The summed E-state index contributed by atoms with van der Waals surface area (Å²) in [6.45, 7) is 3.64. The molecule has 3 heterocycles. The molecule has 20 heavy (non-hydrogen) atoms. The van der Waals surface area contributed by atoms with Gasteiger partial charge < -0.3 is 18.9 Å². The van der Waals surface area contributed by atoms with Crippen LogP contribution in [0.5, 0.6) is 0 Å². The second kappa shape index (κ2) is 6.10. The van der Waals surface area contributed by atoms with Crippen LogP contribution in [0.25, 0.3) is 0 Å². The van der Waals surface area contributed by atoms with Crippen molar-refractivity contribution in [1.82, 2.24) is 14.8 Å². The molecule has 1 atom stereocenters. The fourth-order valence-electron chi connectivity index (χ4n) is 3.20. The molecular weight excluding hydrogens is 256 g/mol. The molecule has 6 nitrogen and oxygen atoms in total. The first kappa shape index (κ1) is 13.8.